The van der Waals surface area contributed by atoms with E-state index >= 15 is 0 Å². The highest BCUT2D eigenvalue weighted by atomic mass is 35.5. The van der Waals surface area contributed by atoms with Crippen LogP contribution in [0, 0.1) is 0 Å². The van der Waals surface area contributed by atoms with Gasteiger partial charge in [-0.25, -0.2) is 8.42 Å². The van der Waals surface area contributed by atoms with E-state index in [2.05, 4.69) is 5.32 Å². The predicted molar refractivity (Wildman–Crippen MR) is 81.9 cm³/mol. The van der Waals surface area contributed by atoms with E-state index in [1.807, 2.05) is 6.92 Å². The van der Waals surface area contributed by atoms with Crippen molar-refractivity contribution in [2.45, 2.75) is 30.7 Å². The number of hydrogen-bond donors (Lipinski definition) is 1. The SMILES string of the molecule is CCCN(C1CCNC1)S(=O)(=O)c1ccc(Cl)c(Cl)c1. The van der Waals surface area contributed by atoms with E-state index in [0.29, 0.717) is 18.1 Å². The summed E-state index contributed by atoms with van der Waals surface area (Å²) in [5.74, 6) is 0. The number of rotatable bonds is 5. The maximum Gasteiger partial charge on any atom is 0.243 e. The number of halogens is 2. The van der Waals surface area contributed by atoms with Crippen molar-refractivity contribution in [3.05, 3.63) is 28.2 Å². The van der Waals surface area contributed by atoms with Crippen molar-refractivity contribution < 1.29 is 8.42 Å². The molecule has 1 atom stereocenters. The van der Waals surface area contributed by atoms with Crippen LogP contribution >= 0.6 is 23.2 Å². The molecular formula is C13H18Cl2N2O2S. The van der Waals surface area contributed by atoms with Crippen molar-refractivity contribution in [3.8, 4) is 0 Å². The summed E-state index contributed by atoms with van der Waals surface area (Å²) in [5.41, 5.74) is 0. The Labute approximate surface area is 130 Å². The summed E-state index contributed by atoms with van der Waals surface area (Å²) in [6, 6.07) is 4.46. The molecule has 0 radical (unpaired) electrons. The van der Waals surface area contributed by atoms with Crippen molar-refractivity contribution in [2.24, 2.45) is 0 Å². The quantitative estimate of drug-likeness (QED) is 0.899. The van der Waals surface area contributed by atoms with Crippen molar-refractivity contribution in [2.75, 3.05) is 19.6 Å². The third-order valence-corrected chi connectivity index (χ3v) is 6.07. The standard InChI is InChI=1S/C13H18Cl2N2O2S/c1-2-7-17(10-5-6-16-9-10)20(18,19)11-3-4-12(14)13(15)8-11/h3-4,8,10,16H,2,5-7,9H2,1H3. The number of hydrogen-bond acceptors (Lipinski definition) is 3. The zero-order valence-corrected chi connectivity index (χ0v) is 13.6. The highest BCUT2D eigenvalue weighted by Crippen LogP contribution is 2.28. The molecule has 1 fully saturated rings. The second-order valence-corrected chi connectivity index (χ2v) is 7.54. The van der Waals surface area contributed by atoms with Gasteiger partial charge in [-0.3, -0.25) is 0 Å². The van der Waals surface area contributed by atoms with Crippen LogP contribution in [0.25, 0.3) is 0 Å². The summed E-state index contributed by atoms with van der Waals surface area (Å²) in [6.07, 6.45) is 1.61. The Bertz CT molecular complexity index is 572. The summed E-state index contributed by atoms with van der Waals surface area (Å²) in [7, 11) is -3.54. The number of nitrogens with one attached hydrogen (secondary N) is 1. The Hall–Kier alpha value is -0.330. The minimum absolute atomic E-state index is 0.00871. The van der Waals surface area contributed by atoms with Gasteiger partial charge in [0.1, 0.15) is 0 Å². The van der Waals surface area contributed by atoms with Crippen molar-refractivity contribution in [1.82, 2.24) is 9.62 Å². The van der Waals surface area contributed by atoms with Crippen LogP contribution in [-0.4, -0.2) is 38.4 Å². The maximum atomic E-state index is 12.8. The van der Waals surface area contributed by atoms with Crippen LogP contribution in [0.3, 0.4) is 0 Å². The molecular weight excluding hydrogens is 319 g/mol. The van der Waals surface area contributed by atoms with E-state index in [4.69, 9.17) is 23.2 Å². The Morgan fingerprint density at radius 2 is 2.10 bits per heavy atom. The van der Waals surface area contributed by atoms with E-state index in [-0.39, 0.29) is 16.0 Å². The maximum absolute atomic E-state index is 12.8. The molecule has 1 aromatic carbocycles. The van der Waals surface area contributed by atoms with Crippen LogP contribution in [0.5, 0.6) is 0 Å². The van der Waals surface area contributed by atoms with Gasteiger partial charge in [-0.05, 0) is 37.6 Å². The fourth-order valence-corrected chi connectivity index (χ4v) is 4.51. The zero-order valence-electron chi connectivity index (χ0n) is 11.3. The van der Waals surface area contributed by atoms with Gasteiger partial charge in [0.25, 0.3) is 0 Å². The van der Waals surface area contributed by atoms with Gasteiger partial charge in [0.15, 0.2) is 0 Å². The topological polar surface area (TPSA) is 49.4 Å². The van der Waals surface area contributed by atoms with Gasteiger partial charge >= 0.3 is 0 Å². The van der Waals surface area contributed by atoms with Crippen LogP contribution in [0.15, 0.2) is 23.1 Å². The summed E-state index contributed by atoms with van der Waals surface area (Å²) in [6.45, 7) is 4.02. The van der Waals surface area contributed by atoms with Crippen LogP contribution < -0.4 is 5.32 Å². The third kappa shape index (κ3) is 3.28. The van der Waals surface area contributed by atoms with Crippen molar-refractivity contribution in [3.63, 3.8) is 0 Å². The Balaban J connectivity index is 2.36. The molecule has 1 unspecified atom stereocenters. The summed E-state index contributed by atoms with van der Waals surface area (Å²) in [4.78, 5) is 0.201. The van der Waals surface area contributed by atoms with Gasteiger partial charge < -0.3 is 5.32 Å². The van der Waals surface area contributed by atoms with E-state index in [1.54, 1.807) is 4.31 Å². The minimum Gasteiger partial charge on any atom is -0.315 e. The van der Waals surface area contributed by atoms with Gasteiger partial charge in [-0.2, -0.15) is 4.31 Å². The molecule has 1 heterocycles. The number of benzene rings is 1. The zero-order chi connectivity index (χ0) is 14.8. The lowest BCUT2D eigenvalue weighted by Crippen LogP contribution is -2.41. The molecule has 0 amide bonds. The molecule has 7 heteroatoms. The smallest absolute Gasteiger partial charge is 0.243 e. The van der Waals surface area contributed by atoms with E-state index in [0.717, 1.165) is 19.4 Å². The molecule has 0 saturated carbocycles. The Kier molecular flexibility index (Phi) is 5.31. The monoisotopic (exact) mass is 336 g/mol. The number of sulfonamides is 1. The van der Waals surface area contributed by atoms with Crippen LogP contribution in [0.2, 0.25) is 10.0 Å². The predicted octanol–water partition coefficient (Wildman–Crippen LogP) is 2.76. The first-order valence-electron chi connectivity index (χ1n) is 6.64. The molecule has 1 saturated heterocycles. The van der Waals surface area contributed by atoms with Gasteiger partial charge in [0.2, 0.25) is 10.0 Å². The molecule has 0 bridgehead atoms. The van der Waals surface area contributed by atoms with Crippen LogP contribution in [0.4, 0.5) is 0 Å². The fraction of sp³-hybridized carbons (Fsp3) is 0.538. The number of nitrogens with zero attached hydrogens (tertiary/aromatic N) is 1. The summed E-state index contributed by atoms with van der Waals surface area (Å²) >= 11 is 11.8. The first-order chi connectivity index (χ1) is 9.46. The molecule has 1 aliphatic heterocycles. The fourth-order valence-electron chi connectivity index (χ4n) is 2.38. The van der Waals surface area contributed by atoms with Gasteiger partial charge in [0.05, 0.1) is 14.9 Å². The van der Waals surface area contributed by atoms with E-state index in [1.165, 1.54) is 18.2 Å². The average molecular weight is 337 g/mol. The second kappa shape index (κ2) is 6.62. The van der Waals surface area contributed by atoms with Gasteiger partial charge in [-0.15, -0.1) is 0 Å². The molecule has 1 aliphatic rings. The van der Waals surface area contributed by atoms with Crippen LogP contribution in [-0.2, 0) is 10.0 Å². The third-order valence-electron chi connectivity index (χ3n) is 3.38. The van der Waals surface area contributed by atoms with E-state index < -0.39 is 10.0 Å². The molecule has 1 aromatic rings. The molecule has 112 valence electrons. The molecule has 0 aromatic heterocycles. The van der Waals surface area contributed by atoms with E-state index in [9.17, 15) is 8.42 Å². The van der Waals surface area contributed by atoms with Gasteiger partial charge in [-0.1, -0.05) is 30.1 Å². The van der Waals surface area contributed by atoms with Crippen molar-refractivity contribution >= 4 is 33.2 Å². The highest BCUT2D eigenvalue weighted by Gasteiger charge is 2.32. The molecule has 0 spiro atoms. The molecule has 1 N–H and O–H groups in total. The molecule has 4 nitrogen and oxygen atoms in total. The summed E-state index contributed by atoms with van der Waals surface area (Å²) < 4.78 is 27.1. The lowest BCUT2D eigenvalue weighted by atomic mass is 10.2. The van der Waals surface area contributed by atoms with Gasteiger partial charge in [0, 0.05) is 19.1 Å². The molecule has 0 aliphatic carbocycles. The molecule has 20 heavy (non-hydrogen) atoms. The Morgan fingerprint density at radius 1 is 1.35 bits per heavy atom. The Morgan fingerprint density at radius 3 is 2.65 bits per heavy atom. The highest BCUT2D eigenvalue weighted by molar-refractivity contribution is 7.89. The average Bonchev–Trinajstić information content (AvgIpc) is 2.92. The summed E-state index contributed by atoms with van der Waals surface area (Å²) in [5, 5.41) is 3.82. The van der Waals surface area contributed by atoms with Crippen molar-refractivity contribution in [1.29, 1.82) is 0 Å². The lowest BCUT2D eigenvalue weighted by molar-refractivity contribution is 0.335. The second-order valence-electron chi connectivity index (χ2n) is 4.84. The van der Waals surface area contributed by atoms with Crippen LogP contribution in [0.1, 0.15) is 19.8 Å². The first kappa shape index (κ1) is 16.0. The largest absolute Gasteiger partial charge is 0.315 e. The lowest BCUT2D eigenvalue weighted by Gasteiger charge is -2.27. The minimum atomic E-state index is -3.54. The molecule has 2 rings (SSSR count). The first-order valence-corrected chi connectivity index (χ1v) is 8.84. The normalized spacial score (nSPS) is 19.7.